The van der Waals surface area contributed by atoms with Gasteiger partial charge in [0.2, 0.25) is 5.91 Å². The predicted octanol–water partition coefficient (Wildman–Crippen LogP) is 5.50. The Morgan fingerprint density at radius 2 is 1.89 bits per heavy atom. The monoisotopic (exact) mass is 514 g/mol. The number of carbonyl (C=O) groups is 1. The SMILES string of the molecule is COc1ccc(-c2csc(NC(=O)CSc3nnc(-c4cccnc4)n3-c3ccccc3C)n2)cc1. The molecule has 0 radical (unpaired) electrons. The molecule has 5 aromatic rings. The number of carbonyl (C=O) groups excluding carboxylic acids is 1. The van der Waals surface area contributed by atoms with Crippen LogP contribution in [0.1, 0.15) is 5.56 Å². The van der Waals surface area contributed by atoms with Crippen LogP contribution in [0.25, 0.3) is 28.3 Å². The van der Waals surface area contributed by atoms with Crippen molar-refractivity contribution in [1.82, 2.24) is 24.7 Å². The second kappa shape index (κ2) is 10.7. The highest BCUT2D eigenvalue weighted by molar-refractivity contribution is 7.99. The lowest BCUT2D eigenvalue weighted by Gasteiger charge is -2.12. The Kier molecular flexibility index (Phi) is 7.06. The number of thioether (sulfide) groups is 1. The van der Waals surface area contributed by atoms with E-state index in [4.69, 9.17) is 4.74 Å². The summed E-state index contributed by atoms with van der Waals surface area (Å²) in [5.74, 6) is 1.45. The maximum absolute atomic E-state index is 12.8. The smallest absolute Gasteiger partial charge is 0.236 e. The molecule has 0 fully saturated rings. The summed E-state index contributed by atoms with van der Waals surface area (Å²) in [7, 11) is 1.63. The van der Waals surface area contributed by atoms with Crippen molar-refractivity contribution in [3.8, 4) is 34.1 Å². The fourth-order valence-electron chi connectivity index (χ4n) is 3.59. The van der Waals surface area contributed by atoms with Crippen molar-refractivity contribution >= 4 is 34.1 Å². The van der Waals surface area contributed by atoms with Crippen molar-refractivity contribution < 1.29 is 9.53 Å². The summed E-state index contributed by atoms with van der Waals surface area (Å²) < 4.78 is 7.17. The van der Waals surface area contributed by atoms with Gasteiger partial charge in [-0.25, -0.2) is 4.98 Å². The van der Waals surface area contributed by atoms with Crippen molar-refractivity contribution in [3.63, 3.8) is 0 Å². The maximum atomic E-state index is 12.8. The van der Waals surface area contributed by atoms with Crippen LogP contribution in [-0.2, 0) is 4.79 Å². The van der Waals surface area contributed by atoms with Gasteiger partial charge in [-0.15, -0.1) is 21.5 Å². The van der Waals surface area contributed by atoms with E-state index >= 15 is 0 Å². The molecule has 0 bridgehead atoms. The molecule has 3 heterocycles. The number of aryl methyl sites for hydroxylation is 1. The summed E-state index contributed by atoms with van der Waals surface area (Å²) >= 11 is 2.70. The van der Waals surface area contributed by atoms with E-state index in [1.165, 1.54) is 23.1 Å². The minimum Gasteiger partial charge on any atom is -0.497 e. The van der Waals surface area contributed by atoms with Gasteiger partial charge in [0, 0.05) is 28.9 Å². The van der Waals surface area contributed by atoms with E-state index in [0.717, 1.165) is 33.8 Å². The Morgan fingerprint density at radius 3 is 2.64 bits per heavy atom. The van der Waals surface area contributed by atoms with Crippen LogP contribution in [0.15, 0.2) is 83.6 Å². The first kappa shape index (κ1) is 23.7. The molecule has 36 heavy (non-hydrogen) atoms. The van der Waals surface area contributed by atoms with Crippen molar-refractivity contribution in [2.75, 3.05) is 18.2 Å². The average Bonchev–Trinajstić information content (AvgIpc) is 3.56. The summed E-state index contributed by atoms with van der Waals surface area (Å²) in [6.07, 6.45) is 3.47. The number of ether oxygens (including phenoxy) is 1. The van der Waals surface area contributed by atoms with Gasteiger partial charge in [0.25, 0.3) is 0 Å². The Hall–Kier alpha value is -4.02. The van der Waals surface area contributed by atoms with Crippen LogP contribution in [0, 0.1) is 6.92 Å². The highest BCUT2D eigenvalue weighted by atomic mass is 32.2. The molecular formula is C26H22N6O2S2. The second-order valence-corrected chi connectivity index (χ2v) is 9.57. The number of thiazole rings is 1. The van der Waals surface area contributed by atoms with E-state index in [9.17, 15) is 4.79 Å². The van der Waals surface area contributed by atoms with Gasteiger partial charge in [0.15, 0.2) is 16.1 Å². The molecule has 0 aliphatic rings. The molecule has 180 valence electrons. The lowest BCUT2D eigenvalue weighted by Crippen LogP contribution is -2.14. The zero-order valence-corrected chi connectivity index (χ0v) is 21.2. The third-order valence-electron chi connectivity index (χ3n) is 5.38. The van der Waals surface area contributed by atoms with E-state index < -0.39 is 0 Å². The summed E-state index contributed by atoms with van der Waals surface area (Å²) in [6, 6.07) is 19.5. The number of amides is 1. The number of nitrogens with one attached hydrogen (secondary N) is 1. The highest BCUT2D eigenvalue weighted by Crippen LogP contribution is 2.30. The molecule has 5 rings (SSSR count). The van der Waals surface area contributed by atoms with E-state index in [1.807, 2.05) is 77.5 Å². The number of pyridine rings is 1. The molecule has 0 aliphatic heterocycles. The molecule has 0 atom stereocenters. The molecule has 8 nitrogen and oxygen atoms in total. The van der Waals surface area contributed by atoms with Crippen molar-refractivity contribution in [1.29, 1.82) is 0 Å². The number of benzene rings is 2. The fraction of sp³-hybridized carbons (Fsp3) is 0.115. The quantitative estimate of drug-likeness (QED) is 0.273. The number of aromatic nitrogens is 5. The van der Waals surface area contributed by atoms with Crippen LogP contribution in [0.3, 0.4) is 0 Å². The van der Waals surface area contributed by atoms with Gasteiger partial charge in [0.05, 0.1) is 24.2 Å². The van der Waals surface area contributed by atoms with Gasteiger partial charge in [-0.1, -0.05) is 30.0 Å². The van der Waals surface area contributed by atoms with E-state index in [2.05, 4.69) is 25.5 Å². The van der Waals surface area contributed by atoms with E-state index in [-0.39, 0.29) is 11.7 Å². The molecule has 3 aromatic heterocycles. The summed E-state index contributed by atoms with van der Waals surface area (Å²) in [4.78, 5) is 21.5. The molecule has 0 saturated heterocycles. The first-order chi connectivity index (χ1) is 17.6. The third-order valence-corrected chi connectivity index (χ3v) is 7.06. The summed E-state index contributed by atoms with van der Waals surface area (Å²) in [5.41, 5.74) is 4.62. The normalized spacial score (nSPS) is 10.8. The van der Waals surface area contributed by atoms with Gasteiger partial charge < -0.3 is 10.1 Å². The average molecular weight is 515 g/mol. The van der Waals surface area contributed by atoms with Gasteiger partial charge in [-0.05, 0) is 55.0 Å². The lowest BCUT2D eigenvalue weighted by atomic mass is 10.2. The van der Waals surface area contributed by atoms with Crippen LogP contribution in [-0.4, -0.2) is 43.5 Å². The number of para-hydroxylation sites is 1. The Bertz CT molecular complexity index is 1480. The molecule has 10 heteroatoms. The molecule has 1 amide bonds. The topological polar surface area (TPSA) is 94.8 Å². The highest BCUT2D eigenvalue weighted by Gasteiger charge is 2.19. The number of methoxy groups -OCH3 is 1. The van der Waals surface area contributed by atoms with Gasteiger partial charge >= 0.3 is 0 Å². The van der Waals surface area contributed by atoms with Crippen molar-refractivity contribution in [2.24, 2.45) is 0 Å². The number of hydrogen-bond acceptors (Lipinski definition) is 8. The predicted molar refractivity (Wildman–Crippen MR) is 143 cm³/mol. The third kappa shape index (κ3) is 5.14. The molecule has 0 unspecified atom stereocenters. The van der Waals surface area contributed by atoms with Crippen LogP contribution in [0.2, 0.25) is 0 Å². The number of hydrogen-bond donors (Lipinski definition) is 1. The maximum Gasteiger partial charge on any atom is 0.236 e. The molecule has 0 saturated carbocycles. The molecule has 0 aliphatic carbocycles. The van der Waals surface area contributed by atoms with E-state index in [1.54, 1.807) is 19.5 Å². The van der Waals surface area contributed by atoms with Crippen molar-refractivity contribution in [3.05, 3.63) is 84.0 Å². The number of nitrogens with zero attached hydrogens (tertiary/aromatic N) is 5. The standard InChI is InChI=1S/C26H22N6O2S2/c1-17-6-3-4-8-22(17)32-24(19-7-5-13-27-14-19)30-31-26(32)36-16-23(33)29-25-28-21(15-35-25)18-9-11-20(34-2)12-10-18/h3-15H,16H2,1-2H3,(H,28,29,33). The second-order valence-electron chi connectivity index (χ2n) is 7.77. The van der Waals surface area contributed by atoms with E-state index in [0.29, 0.717) is 16.1 Å². The van der Waals surface area contributed by atoms with Crippen LogP contribution in [0.4, 0.5) is 5.13 Å². The first-order valence-corrected chi connectivity index (χ1v) is 12.9. The van der Waals surface area contributed by atoms with Crippen LogP contribution < -0.4 is 10.1 Å². The Labute approximate surface area is 216 Å². The fourth-order valence-corrected chi connectivity index (χ4v) is 5.07. The minimum atomic E-state index is -0.169. The molecular weight excluding hydrogens is 492 g/mol. The molecule has 2 aromatic carbocycles. The lowest BCUT2D eigenvalue weighted by molar-refractivity contribution is -0.113. The van der Waals surface area contributed by atoms with Gasteiger partial charge in [0.1, 0.15) is 5.75 Å². The largest absolute Gasteiger partial charge is 0.497 e. The van der Waals surface area contributed by atoms with Crippen molar-refractivity contribution in [2.45, 2.75) is 12.1 Å². The van der Waals surface area contributed by atoms with Gasteiger partial charge in [-0.2, -0.15) is 0 Å². The summed E-state index contributed by atoms with van der Waals surface area (Å²) in [5, 5.41) is 14.8. The number of rotatable bonds is 8. The Balaban J connectivity index is 1.32. The first-order valence-electron chi connectivity index (χ1n) is 11.1. The minimum absolute atomic E-state index is 0.161. The van der Waals surface area contributed by atoms with Gasteiger partial charge in [-0.3, -0.25) is 14.3 Å². The molecule has 1 N–H and O–H groups in total. The zero-order valence-electron chi connectivity index (χ0n) is 19.6. The zero-order chi connectivity index (χ0) is 24.9. The van der Waals surface area contributed by atoms with Crippen LogP contribution >= 0.6 is 23.1 Å². The Morgan fingerprint density at radius 1 is 1.06 bits per heavy atom. The summed E-state index contributed by atoms with van der Waals surface area (Å²) in [6.45, 7) is 2.03. The number of anilines is 1. The molecule has 0 spiro atoms. The van der Waals surface area contributed by atoms with Crippen LogP contribution in [0.5, 0.6) is 5.75 Å².